The Morgan fingerprint density at radius 2 is 1.74 bits per heavy atom. The number of rotatable bonds is 6. The van der Waals surface area contributed by atoms with Crippen molar-refractivity contribution >= 4 is 0 Å². The number of piperidine rings is 1. The highest BCUT2D eigenvalue weighted by Gasteiger charge is 2.43. The van der Waals surface area contributed by atoms with Crippen LogP contribution in [0.25, 0.3) is 0 Å². The van der Waals surface area contributed by atoms with Crippen LogP contribution >= 0.6 is 0 Å². The van der Waals surface area contributed by atoms with Crippen molar-refractivity contribution in [2.75, 3.05) is 26.8 Å². The molecule has 2 aliphatic heterocycles. The van der Waals surface area contributed by atoms with Crippen LogP contribution in [0.3, 0.4) is 0 Å². The van der Waals surface area contributed by atoms with Crippen molar-refractivity contribution in [2.24, 2.45) is 0 Å². The summed E-state index contributed by atoms with van der Waals surface area (Å²) in [6.45, 7) is 4.56. The summed E-state index contributed by atoms with van der Waals surface area (Å²) in [5.74, 6) is 0.914. The van der Waals surface area contributed by atoms with E-state index in [1.807, 2.05) is 18.2 Å². The first-order chi connectivity index (χ1) is 13.2. The quantitative estimate of drug-likeness (QED) is 0.771. The van der Waals surface area contributed by atoms with Gasteiger partial charge in [-0.25, -0.2) is 0 Å². The predicted molar refractivity (Wildman–Crippen MR) is 106 cm³/mol. The Hall–Kier alpha value is -1.88. The standard InChI is InChI=1S/C23H29NO3/c1-25-21-9-7-19(8-10-21)16-24-13-11-23(12-14-24)15-22(18-27-23)26-17-20-5-3-2-4-6-20/h2-10,22H,11-18H2,1H3/t22-/m0/s1. The molecule has 4 rings (SSSR count). The molecule has 0 unspecified atom stereocenters. The normalized spacial score (nSPS) is 22.2. The summed E-state index contributed by atoms with van der Waals surface area (Å²) in [6.07, 6.45) is 3.43. The zero-order valence-electron chi connectivity index (χ0n) is 16.1. The Balaban J connectivity index is 1.23. The molecule has 27 heavy (non-hydrogen) atoms. The van der Waals surface area contributed by atoms with E-state index in [-0.39, 0.29) is 11.7 Å². The number of ether oxygens (including phenoxy) is 3. The monoisotopic (exact) mass is 367 g/mol. The number of benzene rings is 2. The first kappa shape index (κ1) is 18.5. The molecule has 2 fully saturated rings. The molecule has 2 aliphatic rings. The summed E-state index contributed by atoms with van der Waals surface area (Å²) in [4.78, 5) is 2.52. The molecule has 1 atom stereocenters. The molecule has 0 aromatic heterocycles. The van der Waals surface area contributed by atoms with E-state index < -0.39 is 0 Å². The molecule has 4 heteroatoms. The van der Waals surface area contributed by atoms with Gasteiger partial charge in [0.05, 0.1) is 32.0 Å². The number of methoxy groups -OCH3 is 1. The third kappa shape index (κ3) is 4.70. The van der Waals surface area contributed by atoms with Crippen molar-refractivity contribution in [3.8, 4) is 5.75 Å². The van der Waals surface area contributed by atoms with Crippen LogP contribution in [0, 0.1) is 0 Å². The smallest absolute Gasteiger partial charge is 0.118 e. The molecular formula is C23H29NO3. The second-order valence-corrected chi connectivity index (χ2v) is 7.74. The molecule has 144 valence electrons. The van der Waals surface area contributed by atoms with Crippen molar-refractivity contribution in [1.29, 1.82) is 0 Å². The number of nitrogens with zero attached hydrogens (tertiary/aromatic N) is 1. The van der Waals surface area contributed by atoms with Crippen LogP contribution in [0.4, 0.5) is 0 Å². The average molecular weight is 367 g/mol. The summed E-state index contributed by atoms with van der Waals surface area (Å²) in [7, 11) is 1.71. The zero-order valence-corrected chi connectivity index (χ0v) is 16.1. The topological polar surface area (TPSA) is 30.9 Å². The lowest BCUT2D eigenvalue weighted by Crippen LogP contribution is -2.43. The Kier molecular flexibility index (Phi) is 5.77. The lowest BCUT2D eigenvalue weighted by atomic mass is 9.88. The minimum atomic E-state index is 0.0256. The van der Waals surface area contributed by atoms with E-state index in [0.717, 1.165) is 51.3 Å². The molecule has 0 aliphatic carbocycles. The molecule has 1 spiro atoms. The van der Waals surface area contributed by atoms with Gasteiger partial charge in [-0.15, -0.1) is 0 Å². The molecule has 0 amide bonds. The lowest BCUT2D eigenvalue weighted by Gasteiger charge is -2.38. The van der Waals surface area contributed by atoms with Crippen LogP contribution in [0.5, 0.6) is 5.75 Å². The van der Waals surface area contributed by atoms with Gasteiger partial charge in [-0.05, 0) is 36.1 Å². The Bertz CT molecular complexity index is 708. The van der Waals surface area contributed by atoms with E-state index in [0.29, 0.717) is 6.61 Å². The van der Waals surface area contributed by atoms with Gasteiger partial charge in [0.15, 0.2) is 0 Å². The molecule has 2 saturated heterocycles. The summed E-state index contributed by atoms with van der Waals surface area (Å²) < 4.78 is 17.6. The SMILES string of the molecule is COc1ccc(CN2CCC3(CC2)C[C@H](OCc2ccccc2)CO3)cc1. The van der Waals surface area contributed by atoms with Gasteiger partial charge in [-0.3, -0.25) is 4.90 Å². The van der Waals surface area contributed by atoms with E-state index in [1.54, 1.807) is 7.11 Å². The summed E-state index contributed by atoms with van der Waals surface area (Å²) in [5, 5.41) is 0. The fourth-order valence-electron chi connectivity index (χ4n) is 4.15. The summed E-state index contributed by atoms with van der Waals surface area (Å²) >= 11 is 0. The van der Waals surface area contributed by atoms with Gasteiger partial charge >= 0.3 is 0 Å². The van der Waals surface area contributed by atoms with E-state index >= 15 is 0 Å². The number of hydrogen-bond acceptors (Lipinski definition) is 4. The Labute approximate surface area is 162 Å². The third-order valence-electron chi connectivity index (χ3n) is 5.84. The molecule has 2 heterocycles. The fourth-order valence-corrected chi connectivity index (χ4v) is 4.15. The zero-order chi connectivity index (χ0) is 18.5. The third-order valence-corrected chi connectivity index (χ3v) is 5.84. The maximum atomic E-state index is 6.24. The largest absolute Gasteiger partial charge is 0.497 e. The number of likely N-dealkylation sites (tertiary alicyclic amines) is 1. The average Bonchev–Trinajstić information content (AvgIpc) is 3.12. The second kappa shape index (κ2) is 8.42. The van der Waals surface area contributed by atoms with Crippen LogP contribution in [0.2, 0.25) is 0 Å². The van der Waals surface area contributed by atoms with Gasteiger partial charge in [0.1, 0.15) is 5.75 Å². The minimum Gasteiger partial charge on any atom is -0.497 e. The number of hydrogen-bond donors (Lipinski definition) is 0. The Morgan fingerprint density at radius 1 is 1.00 bits per heavy atom. The molecule has 0 saturated carbocycles. The highest BCUT2D eigenvalue weighted by Crippen LogP contribution is 2.37. The van der Waals surface area contributed by atoms with E-state index in [2.05, 4.69) is 41.3 Å². The molecule has 0 bridgehead atoms. The molecule has 0 N–H and O–H groups in total. The molecule has 4 nitrogen and oxygen atoms in total. The van der Waals surface area contributed by atoms with Gasteiger partial charge in [-0.2, -0.15) is 0 Å². The van der Waals surface area contributed by atoms with Gasteiger partial charge in [0.25, 0.3) is 0 Å². The van der Waals surface area contributed by atoms with Crippen LogP contribution < -0.4 is 4.74 Å². The van der Waals surface area contributed by atoms with E-state index in [1.165, 1.54) is 11.1 Å². The second-order valence-electron chi connectivity index (χ2n) is 7.74. The van der Waals surface area contributed by atoms with Crippen LogP contribution in [-0.4, -0.2) is 43.4 Å². The summed E-state index contributed by atoms with van der Waals surface area (Å²) in [5.41, 5.74) is 2.59. The first-order valence-electron chi connectivity index (χ1n) is 9.89. The van der Waals surface area contributed by atoms with Crippen LogP contribution in [-0.2, 0) is 22.6 Å². The highest BCUT2D eigenvalue weighted by molar-refractivity contribution is 5.27. The van der Waals surface area contributed by atoms with Gasteiger partial charge in [-0.1, -0.05) is 42.5 Å². The predicted octanol–water partition coefficient (Wildman–Crippen LogP) is 4.04. The molecule has 0 radical (unpaired) electrons. The van der Waals surface area contributed by atoms with Gasteiger partial charge in [0.2, 0.25) is 0 Å². The molecular weight excluding hydrogens is 338 g/mol. The van der Waals surface area contributed by atoms with Crippen molar-refractivity contribution in [3.05, 3.63) is 65.7 Å². The molecule has 2 aromatic rings. The fraction of sp³-hybridized carbons (Fsp3) is 0.478. The highest BCUT2D eigenvalue weighted by atomic mass is 16.6. The summed E-state index contributed by atoms with van der Waals surface area (Å²) in [6, 6.07) is 18.8. The Morgan fingerprint density at radius 3 is 2.44 bits per heavy atom. The van der Waals surface area contributed by atoms with Crippen LogP contribution in [0.1, 0.15) is 30.4 Å². The van der Waals surface area contributed by atoms with Gasteiger partial charge in [0, 0.05) is 26.1 Å². The van der Waals surface area contributed by atoms with Crippen molar-refractivity contribution < 1.29 is 14.2 Å². The van der Waals surface area contributed by atoms with Crippen LogP contribution in [0.15, 0.2) is 54.6 Å². The minimum absolute atomic E-state index is 0.0256. The molecule has 2 aromatic carbocycles. The van der Waals surface area contributed by atoms with E-state index in [4.69, 9.17) is 14.2 Å². The first-order valence-corrected chi connectivity index (χ1v) is 9.89. The lowest BCUT2D eigenvalue weighted by molar-refractivity contribution is -0.0468. The van der Waals surface area contributed by atoms with Crippen molar-refractivity contribution in [2.45, 2.75) is 44.1 Å². The van der Waals surface area contributed by atoms with Crippen molar-refractivity contribution in [1.82, 2.24) is 4.90 Å². The van der Waals surface area contributed by atoms with Crippen molar-refractivity contribution in [3.63, 3.8) is 0 Å². The van der Waals surface area contributed by atoms with Gasteiger partial charge < -0.3 is 14.2 Å². The van der Waals surface area contributed by atoms with E-state index in [9.17, 15) is 0 Å². The maximum Gasteiger partial charge on any atom is 0.118 e. The maximum absolute atomic E-state index is 6.24.